The van der Waals surface area contributed by atoms with Crippen LogP contribution in [-0.4, -0.2) is 83.4 Å². The molecule has 0 bridgehead atoms. The van der Waals surface area contributed by atoms with Crippen molar-refractivity contribution < 1.29 is 23.0 Å². The Bertz CT molecular complexity index is 1410. The van der Waals surface area contributed by atoms with E-state index in [9.17, 15) is 13.6 Å². The number of piperidine rings is 1. The Labute approximate surface area is 210 Å². The van der Waals surface area contributed by atoms with Crippen molar-refractivity contribution in [2.45, 2.75) is 31.0 Å². The van der Waals surface area contributed by atoms with Crippen molar-refractivity contribution in [2.75, 3.05) is 51.4 Å². The summed E-state index contributed by atoms with van der Waals surface area (Å²) < 4.78 is 42.0. The minimum Gasteiger partial charge on any atom is -0.453 e. The lowest BCUT2D eigenvalue weighted by atomic mass is 10.0. The molecule has 0 atom stereocenters. The van der Waals surface area contributed by atoms with E-state index in [0.717, 1.165) is 0 Å². The van der Waals surface area contributed by atoms with Crippen molar-refractivity contribution in [3.63, 3.8) is 0 Å². The number of aromatic nitrogens is 4. The number of nitrogens with zero attached hydrogens (tertiary/aromatic N) is 8. The molecule has 1 aromatic carbocycles. The van der Waals surface area contributed by atoms with Crippen LogP contribution in [-0.2, 0) is 15.1 Å². The molecule has 13 heteroatoms. The van der Waals surface area contributed by atoms with Crippen molar-refractivity contribution >= 4 is 23.2 Å². The third-order valence-corrected chi connectivity index (χ3v) is 7.11. The quantitative estimate of drug-likeness (QED) is 0.520. The molecule has 3 aliphatic rings. The second-order valence-corrected chi connectivity index (χ2v) is 9.22. The summed E-state index contributed by atoms with van der Waals surface area (Å²) in [4.78, 5) is 38.2. The van der Waals surface area contributed by atoms with E-state index in [-0.39, 0.29) is 23.3 Å². The summed E-state index contributed by atoms with van der Waals surface area (Å²) in [5.74, 6) is 0.320. The molecule has 6 rings (SSSR count). The first kappa shape index (κ1) is 23.6. The molecular weight excluding hydrogens is 486 g/mol. The van der Waals surface area contributed by atoms with E-state index in [1.54, 1.807) is 35.5 Å². The van der Waals surface area contributed by atoms with E-state index in [1.165, 1.54) is 7.11 Å². The topological polar surface area (TPSA) is 110 Å². The number of halogens is 2. The molecular formula is C24H26F2N8O3. The zero-order valence-electron chi connectivity index (χ0n) is 20.3. The molecule has 5 heterocycles. The summed E-state index contributed by atoms with van der Waals surface area (Å²) in [7, 11) is 1.36. The highest BCUT2D eigenvalue weighted by Gasteiger charge is 2.47. The van der Waals surface area contributed by atoms with E-state index in [2.05, 4.69) is 20.0 Å². The molecule has 194 valence electrons. The van der Waals surface area contributed by atoms with Crippen LogP contribution in [0.25, 0.3) is 11.2 Å². The highest BCUT2D eigenvalue weighted by atomic mass is 19.3. The number of ether oxygens (including phenoxy) is 2. The van der Waals surface area contributed by atoms with Crippen LogP contribution in [0, 0.1) is 0 Å². The van der Waals surface area contributed by atoms with Crippen molar-refractivity contribution in [1.29, 1.82) is 0 Å². The number of hydrogen-bond acceptors (Lipinski definition) is 9. The number of amides is 1. The van der Waals surface area contributed by atoms with Crippen LogP contribution < -0.4 is 15.6 Å². The number of imidazole rings is 1. The molecule has 0 saturated carbocycles. The number of fused-ring (bicyclic) bond motifs is 2. The maximum atomic E-state index is 14.9. The van der Waals surface area contributed by atoms with Crippen LogP contribution in [0.3, 0.4) is 0 Å². The molecule has 0 spiro atoms. The van der Waals surface area contributed by atoms with E-state index in [4.69, 9.17) is 14.5 Å². The van der Waals surface area contributed by atoms with Crippen LogP contribution in [0.4, 0.5) is 19.5 Å². The first-order valence-corrected chi connectivity index (χ1v) is 12.2. The normalized spacial score (nSPS) is 19.6. The van der Waals surface area contributed by atoms with Crippen molar-refractivity contribution in [3.8, 4) is 0 Å². The summed E-state index contributed by atoms with van der Waals surface area (Å²) in [6.07, 6.45) is -0.411. The van der Waals surface area contributed by atoms with Crippen LogP contribution >= 0.6 is 0 Å². The number of morpholine rings is 1. The fourth-order valence-electron chi connectivity index (χ4n) is 5.14. The van der Waals surface area contributed by atoms with E-state index in [1.807, 2.05) is 9.47 Å². The van der Waals surface area contributed by atoms with Crippen molar-refractivity contribution in [1.82, 2.24) is 24.4 Å². The lowest BCUT2D eigenvalue weighted by molar-refractivity contribution is 0.0557. The van der Waals surface area contributed by atoms with Gasteiger partial charge in [0, 0.05) is 32.2 Å². The van der Waals surface area contributed by atoms with E-state index < -0.39 is 12.1 Å². The number of anilines is 1. The number of carbonyl (C=O) groups is 1. The SMILES string of the molecule is COC(=O)N1CCC(n2cnc3c(C4(C(F)F)N=c5ccccc5=N4)nc(N4CCOCC4)nc32)CC1. The number of rotatable bonds is 4. The molecule has 0 N–H and O–H groups in total. The first-order valence-electron chi connectivity index (χ1n) is 12.2. The van der Waals surface area contributed by atoms with Gasteiger partial charge in [-0.3, -0.25) is 0 Å². The first-order chi connectivity index (χ1) is 18.0. The highest BCUT2D eigenvalue weighted by molar-refractivity contribution is 5.77. The molecule has 0 radical (unpaired) electrons. The van der Waals surface area contributed by atoms with E-state index in [0.29, 0.717) is 74.5 Å². The molecule has 2 saturated heterocycles. The van der Waals surface area contributed by atoms with Gasteiger partial charge in [-0.05, 0) is 25.0 Å². The average Bonchev–Trinajstić information content (AvgIpc) is 3.55. The predicted molar refractivity (Wildman–Crippen MR) is 127 cm³/mol. The number of likely N-dealkylation sites (tertiary alicyclic amines) is 1. The van der Waals surface area contributed by atoms with Gasteiger partial charge in [0.25, 0.3) is 12.1 Å². The van der Waals surface area contributed by atoms with Gasteiger partial charge >= 0.3 is 6.09 Å². The highest BCUT2D eigenvalue weighted by Crippen LogP contribution is 2.39. The summed E-state index contributed by atoms with van der Waals surface area (Å²) in [5.41, 5.74) is -1.55. The summed E-state index contributed by atoms with van der Waals surface area (Å²) >= 11 is 0. The molecule has 11 nitrogen and oxygen atoms in total. The van der Waals surface area contributed by atoms with Crippen LogP contribution in [0.15, 0.2) is 40.6 Å². The van der Waals surface area contributed by atoms with E-state index >= 15 is 0 Å². The molecule has 3 aromatic rings. The number of methoxy groups -OCH3 is 1. The van der Waals surface area contributed by atoms with Gasteiger partial charge < -0.3 is 23.8 Å². The van der Waals surface area contributed by atoms with Gasteiger partial charge in [-0.15, -0.1) is 0 Å². The van der Waals surface area contributed by atoms with Crippen LogP contribution in [0.5, 0.6) is 0 Å². The fourth-order valence-corrected chi connectivity index (χ4v) is 5.14. The summed E-state index contributed by atoms with van der Waals surface area (Å²) in [5, 5.41) is 0.772. The molecule has 1 amide bonds. The van der Waals surface area contributed by atoms with Gasteiger partial charge in [0.2, 0.25) is 5.95 Å². The summed E-state index contributed by atoms with van der Waals surface area (Å²) in [6, 6.07) is 6.78. The second-order valence-electron chi connectivity index (χ2n) is 9.22. The molecule has 37 heavy (non-hydrogen) atoms. The van der Waals surface area contributed by atoms with Gasteiger partial charge in [-0.25, -0.2) is 33.5 Å². The molecule has 2 aromatic heterocycles. The van der Waals surface area contributed by atoms with Gasteiger partial charge in [0.15, 0.2) is 5.65 Å². The number of benzene rings is 1. The zero-order valence-corrected chi connectivity index (χ0v) is 20.3. The number of alkyl halides is 2. The Balaban J connectivity index is 1.49. The van der Waals surface area contributed by atoms with Gasteiger partial charge in [-0.1, -0.05) is 12.1 Å². The molecule has 3 aliphatic heterocycles. The van der Waals surface area contributed by atoms with Crippen LogP contribution in [0.2, 0.25) is 0 Å². The molecule has 0 aliphatic carbocycles. The van der Waals surface area contributed by atoms with Gasteiger partial charge in [-0.2, -0.15) is 4.98 Å². The Morgan fingerprint density at radius 1 is 1.08 bits per heavy atom. The Hall–Kier alpha value is -3.74. The maximum Gasteiger partial charge on any atom is 0.409 e. The average molecular weight is 513 g/mol. The number of para-hydroxylation sites is 2. The second kappa shape index (κ2) is 9.29. The monoisotopic (exact) mass is 512 g/mol. The standard InChI is InChI=1S/C24H26F2N8O3/c1-36-23(35)33-8-6-15(7-9-33)34-14-27-18-19(28-22(29-20(18)34)32-10-12-37-13-11-32)24(21(25)26)30-16-4-2-3-5-17(16)31-24/h2-5,14-15,21H,6-13H2,1H3. The largest absolute Gasteiger partial charge is 0.453 e. The third-order valence-electron chi connectivity index (χ3n) is 7.11. The third kappa shape index (κ3) is 3.97. The molecule has 0 unspecified atom stereocenters. The Kier molecular flexibility index (Phi) is 5.94. The van der Waals surface area contributed by atoms with Crippen molar-refractivity contribution in [2.24, 2.45) is 9.98 Å². The fraction of sp³-hybridized carbons (Fsp3) is 0.500. The minimum atomic E-state index is -2.95. The summed E-state index contributed by atoms with van der Waals surface area (Å²) in [6.45, 7) is 3.06. The van der Waals surface area contributed by atoms with Crippen LogP contribution in [0.1, 0.15) is 24.6 Å². The zero-order chi connectivity index (χ0) is 25.6. The van der Waals surface area contributed by atoms with Gasteiger partial charge in [0.1, 0.15) is 11.2 Å². The lowest BCUT2D eigenvalue weighted by Gasteiger charge is -2.32. The maximum absolute atomic E-state index is 14.9. The van der Waals surface area contributed by atoms with Gasteiger partial charge in [0.05, 0.1) is 37.4 Å². The minimum absolute atomic E-state index is 0.0176. The smallest absolute Gasteiger partial charge is 0.409 e. The van der Waals surface area contributed by atoms with Crippen molar-refractivity contribution in [3.05, 3.63) is 47.0 Å². The number of carbonyl (C=O) groups excluding carboxylic acids is 1. The lowest BCUT2D eigenvalue weighted by Crippen LogP contribution is -2.39. The Morgan fingerprint density at radius 2 is 1.76 bits per heavy atom. The number of hydrogen-bond donors (Lipinski definition) is 0. The Morgan fingerprint density at radius 3 is 2.38 bits per heavy atom. The predicted octanol–water partition coefficient (Wildman–Crippen LogP) is 1.44. The molecule has 2 fully saturated rings.